The summed E-state index contributed by atoms with van der Waals surface area (Å²) in [6.07, 6.45) is 0.603. The number of ether oxygens (including phenoxy) is 2. The monoisotopic (exact) mass is 453 g/mol. The molecular formula is C24H27N3O6. The van der Waals surface area contributed by atoms with Gasteiger partial charge >= 0.3 is 5.76 Å². The van der Waals surface area contributed by atoms with Gasteiger partial charge in [-0.05, 0) is 24.3 Å². The van der Waals surface area contributed by atoms with Crippen molar-refractivity contribution in [1.29, 1.82) is 0 Å². The van der Waals surface area contributed by atoms with Crippen LogP contribution in [0.2, 0.25) is 0 Å². The van der Waals surface area contributed by atoms with Gasteiger partial charge in [-0.1, -0.05) is 12.1 Å². The van der Waals surface area contributed by atoms with E-state index >= 15 is 0 Å². The van der Waals surface area contributed by atoms with E-state index in [0.29, 0.717) is 67.3 Å². The number of nitrogens with one attached hydrogen (secondary N) is 1. The van der Waals surface area contributed by atoms with Crippen molar-refractivity contribution in [2.45, 2.75) is 12.8 Å². The van der Waals surface area contributed by atoms with Crippen LogP contribution >= 0.6 is 0 Å². The number of amides is 1. The number of H-pyrrole nitrogens is 1. The van der Waals surface area contributed by atoms with Crippen molar-refractivity contribution >= 4 is 22.8 Å². The van der Waals surface area contributed by atoms with Gasteiger partial charge in [0.05, 0.1) is 26.2 Å². The van der Waals surface area contributed by atoms with Crippen molar-refractivity contribution in [2.75, 3.05) is 46.9 Å². The number of methoxy groups -OCH3 is 2. The number of fused-ring (bicyclic) bond motifs is 1. The number of aromatic nitrogens is 1. The quantitative estimate of drug-likeness (QED) is 0.521. The average molecular weight is 453 g/mol. The fraction of sp³-hybridized carbons (Fsp3) is 0.375. The second kappa shape index (κ2) is 9.91. The summed E-state index contributed by atoms with van der Waals surface area (Å²) in [5, 5.41) is 0. The second-order valence-electron chi connectivity index (χ2n) is 7.95. The molecule has 0 aliphatic carbocycles. The van der Waals surface area contributed by atoms with Crippen LogP contribution in [0.1, 0.15) is 22.3 Å². The third-order valence-electron chi connectivity index (χ3n) is 5.95. The molecule has 2 heterocycles. The van der Waals surface area contributed by atoms with Gasteiger partial charge in [0.15, 0.2) is 22.9 Å². The SMILES string of the molecule is COc1cccc(CC(=O)N2CCN(CCC(=O)c3ccc4[nH]c(=O)oc4c3)CC2)c1OC. The molecule has 9 nitrogen and oxygen atoms in total. The zero-order valence-electron chi connectivity index (χ0n) is 18.8. The molecule has 0 bridgehead atoms. The van der Waals surface area contributed by atoms with E-state index in [9.17, 15) is 14.4 Å². The number of hydrogen-bond donors (Lipinski definition) is 1. The smallest absolute Gasteiger partial charge is 0.417 e. The van der Waals surface area contributed by atoms with Crippen molar-refractivity contribution in [2.24, 2.45) is 0 Å². The minimum Gasteiger partial charge on any atom is -0.493 e. The highest BCUT2D eigenvalue weighted by atomic mass is 16.5. The Balaban J connectivity index is 1.27. The summed E-state index contributed by atoms with van der Waals surface area (Å²) in [6, 6.07) is 10.5. The Morgan fingerprint density at radius 1 is 1.06 bits per heavy atom. The number of ketones is 1. The number of oxazole rings is 1. The minimum atomic E-state index is -0.535. The molecule has 1 saturated heterocycles. The lowest BCUT2D eigenvalue weighted by Crippen LogP contribution is -2.49. The largest absolute Gasteiger partial charge is 0.493 e. The van der Waals surface area contributed by atoms with Gasteiger partial charge in [-0.3, -0.25) is 19.5 Å². The number of benzene rings is 2. The number of aromatic amines is 1. The molecule has 0 spiro atoms. The fourth-order valence-corrected chi connectivity index (χ4v) is 4.11. The Morgan fingerprint density at radius 2 is 1.85 bits per heavy atom. The van der Waals surface area contributed by atoms with E-state index in [1.165, 1.54) is 0 Å². The minimum absolute atomic E-state index is 0.00984. The standard InChI is InChI=1S/C24H27N3O6/c1-31-20-5-3-4-17(23(20)32-2)15-22(29)27-12-10-26(11-13-27)9-8-19(28)16-6-7-18-21(14-16)33-24(30)25-18/h3-7,14H,8-13,15H2,1-2H3,(H,25,30). The lowest BCUT2D eigenvalue weighted by atomic mass is 10.1. The van der Waals surface area contributed by atoms with Crippen LogP contribution in [-0.2, 0) is 11.2 Å². The number of piperazine rings is 1. The molecule has 0 saturated carbocycles. The molecule has 33 heavy (non-hydrogen) atoms. The van der Waals surface area contributed by atoms with Crippen molar-refractivity contribution in [3.05, 3.63) is 58.1 Å². The molecule has 1 aliphatic rings. The Bertz CT molecular complexity index is 1210. The highest BCUT2D eigenvalue weighted by molar-refractivity contribution is 5.98. The first-order chi connectivity index (χ1) is 16.0. The molecule has 174 valence electrons. The molecule has 0 atom stereocenters. The summed E-state index contributed by atoms with van der Waals surface area (Å²) < 4.78 is 15.8. The van der Waals surface area contributed by atoms with Crippen LogP contribution in [-0.4, -0.2) is 73.4 Å². The van der Waals surface area contributed by atoms with E-state index in [-0.39, 0.29) is 18.1 Å². The van der Waals surface area contributed by atoms with Crippen molar-refractivity contribution in [3.63, 3.8) is 0 Å². The van der Waals surface area contributed by atoms with Gasteiger partial charge in [0.2, 0.25) is 5.91 Å². The highest BCUT2D eigenvalue weighted by Crippen LogP contribution is 2.31. The zero-order valence-corrected chi connectivity index (χ0v) is 18.8. The van der Waals surface area contributed by atoms with Crippen LogP contribution in [0.3, 0.4) is 0 Å². The van der Waals surface area contributed by atoms with Gasteiger partial charge in [-0.25, -0.2) is 4.79 Å². The van der Waals surface area contributed by atoms with E-state index in [0.717, 1.165) is 5.56 Å². The molecule has 1 amide bonds. The van der Waals surface area contributed by atoms with Gasteiger partial charge in [0.1, 0.15) is 0 Å². The van der Waals surface area contributed by atoms with E-state index < -0.39 is 5.76 Å². The number of para-hydroxylation sites is 1. The maximum absolute atomic E-state index is 12.8. The molecule has 3 aromatic rings. The predicted molar refractivity (Wildman–Crippen MR) is 122 cm³/mol. The molecular weight excluding hydrogens is 426 g/mol. The Hall–Kier alpha value is -3.59. The van der Waals surface area contributed by atoms with Gasteiger partial charge < -0.3 is 18.8 Å². The first-order valence-electron chi connectivity index (χ1n) is 10.8. The van der Waals surface area contributed by atoms with Crippen LogP contribution in [0, 0.1) is 0 Å². The van der Waals surface area contributed by atoms with E-state index in [1.807, 2.05) is 17.0 Å². The van der Waals surface area contributed by atoms with Crippen molar-refractivity contribution in [3.8, 4) is 11.5 Å². The molecule has 1 fully saturated rings. The average Bonchev–Trinajstić information content (AvgIpc) is 3.21. The normalized spacial score (nSPS) is 14.4. The summed E-state index contributed by atoms with van der Waals surface area (Å²) in [4.78, 5) is 43.3. The summed E-state index contributed by atoms with van der Waals surface area (Å²) in [5.41, 5.74) is 2.27. The number of hydrogen-bond acceptors (Lipinski definition) is 7. The molecule has 2 aromatic carbocycles. The summed E-state index contributed by atoms with van der Waals surface area (Å²) >= 11 is 0. The lowest BCUT2D eigenvalue weighted by Gasteiger charge is -2.34. The predicted octanol–water partition coefficient (Wildman–Crippen LogP) is 2.10. The second-order valence-corrected chi connectivity index (χ2v) is 7.95. The molecule has 1 N–H and O–H groups in total. The van der Waals surface area contributed by atoms with Crippen LogP contribution in [0.15, 0.2) is 45.6 Å². The zero-order chi connectivity index (χ0) is 23.4. The van der Waals surface area contributed by atoms with Gasteiger partial charge in [-0.2, -0.15) is 0 Å². The van der Waals surface area contributed by atoms with Crippen LogP contribution in [0.25, 0.3) is 11.1 Å². The van der Waals surface area contributed by atoms with Crippen molar-refractivity contribution < 1.29 is 23.5 Å². The number of nitrogens with zero attached hydrogens (tertiary/aromatic N) is 2. The van der Waals surface area contributed by atoms with Gasteiger partial charge in [0.25, 0.3) is 0 Å². The topological polar surface area (TPSA) is 105 Å². The number of rotatable bonds is 8. The van der Waals surface area contributed by atoms with Gasteiger partial charge in [-0.15, -0.1) is 0 Å². The van der Waals surface area contributed by atoms with E-state index in [4.69, 9.17) is 13.9 Å². The summed E-state index contributed by atoms with van der Waals surface area (Å²) in [6.45, 7) is 3.25. The van der Waals surface area contributed by atoms with Crippen LogP contribution in [0.5, 0.6) is 11.5 Å². The molecule has 0 unspecified atom stereocenters. The van der Waals surface area contributed by atoms with E-state index in [2.05, 4.69) is 9.88 Å². The summed E-state index contributed by atoms with van der Waals surface area (Å²) in [5.74, 6) is 0.687. The first-order valence-corrected chi connectivity index (χ1v) is 10.8. The van der Waals surface area contributed by atoms with Crippen LogP contribution < -0.4 is 15.2 Å². The Morgan fingerprint density at radius 3 is 2.58 bits per heavy atom. The van der Waals surface area contributed by atoms with Crippen LogP contribution in [0.4, 0.5) is 0 Å². The number of Topliss-reactive ketones (excluding diaryl/α,β-unsaturated/α-hetero) is 1. The molecule has 9 heteroatoms. The Kier molecular flexibility index (Phi) is 6.79. The Labute approximate surface area is 190 Å². The van der Waals surface area contributed by atoms with E-state index in [1.54, 1.807) is 38.5 Å². The maximum atomic E-state index is 12.8. The highest BCUT2D eigenvalue weighted by Gasteiger charge is 2.23. The number of carbonyl (C=O) groups is 2. The third kappa shape index (κ3) is 5.09. The van der Waals surface area contributed by atoms with Crippen molar-refractivity contribution in [1.82, 2.24) is 14.8 Å². The first kappa shape index (κ1) is 22.6. The molecule has 1 aliphatic heterocycles. The van der Waals surface area contributed by atoms with Gasteiger partial charge in [0, 0.05) is 50.3 Å². The summed E-state index contributed by atoms with van der Waals surface area (Å²) in [7, 11) is 3.14. The molecule has 1 aromatic heterocycles. The fourth-order valence-electron chi connectivity index (χ4n) is 4.11. The lowest BCUT2D eigenvalue weighted by molar-refractivity contribution is -0.132. The number of carbonyl (C=O) groups excluding carboxylic acids is 2. The maximum Gasteiger partial charge on any atom is 0.417 e. The third-order valence-corrected chi connectivity index (χ3v) is 5.95. The molecule has 4 rings (SSSR count). The molecule has 0 radical (unpaired) electrons.